The Labute approximate surface area is 318 Å². The second-order valence-electron chi connectivity index (χ2n) is 10.9. The number of anilines is 2. The summed E-state index contributed by atoms with van der Waals surface area (Å²) in [6.07, 6.45) is 0. The second kappa shape index (κ2) is 19.5. The van der Waals surface area contributed by atoms with Gasteiger partial charge in [0.25, 0.3) is 11.4 Å². The Bertz CT molecular complexity index is 1550. The Kier molecular flexibility index (Phi) is 15.1. The van der Waals surface area contributed by atoms with Crippen LogP contribution in [-0.4, -0.2) is 102 Å². The molecule has 0 aliphatic carbocycles. The molecule has 4 aromatic rings. The number of rotatable bonds is 6. The zero-order valence-corrected chi connectivity index (χ0v) is 32.6. The fraction of sp³-hybridized carbons (Fsp3) is 0.235. The molecule has 252 valence electrons. The molecule has 0 bridgehead atoms. The molecule has 49 heavy (non-hydrogen) atoms. The van der Waals surface area contributed by atoms with Crippen LogP contribution in [-0.2, 0) is 25.3 Å². The minimum atomic E-state index is -0.517. The molecule has 0 unspecified atom stereocenters. The first-order chi connectivity index (χ1) is 23.6. The number of non-ortho nitro benzene ring substituents is 2. The van der Waals surface area contributed by atoms with E-state index in [-0.39, 0.29) is 11.4 Å². The average molecular weight is 838 g/mol. The summed E-state index contributed by atoms with van der Waals surface area (Å²) in [5.41, 5.74) is 2.22. The van der Waals surface area contributed by atoms with E-state index in [1.165, 1.54) is 31.4 Å². The number of nitrogens with zero attached hydrogens (tertiary/aromatic N) is 6. The number of nitro benzene ring substituents is 2. The third kappa shape index (κ3) is 12.3. The van der Waals surface area contributed by atoms with E-state index in [9.17, 15) is 20.2 Å². The fourth-order valence-corrected chi connectivity index (χ4v) is 8.81. The standard InChI is InChI=1S/2C11H13N3O2S2.2C6H5.Sn/c2*15-14(16)10-3-1-9(2-4-10)12-5-7-13(8-6-12)11(17)18;2*1-2-4-6-5-3-1;/h2*1-4H,5-8H2,(H,17,18);2*1-5H;/q;;;;+2/p-2. The van der Waals surface area contributed by atoms with Crippen molar-refractivity contribution in [2.75, 3.05) is 62.2 Å². The van der Waals surface area contributed by atoms with Crippen molar-refractivity contribution < 1.29 is 9.85 Å². The Morgan fingerprint density at radius 2 is 0.837 bits per heavy atom. The number of hydrogen-bond donors (Lipinski definition) is 0. The molecule has 0 atom stereocenters. The summed E-state index contributed by atoms with van der Waals surface area (Å²) in [6, 6.07) is 34.8. The van der Waals surface area contributed by atoms with E-state index in [1.54, 1.807) is 24.3 Å². The predicted octanol–water partition coefficient (Wildman–Crippen LogP) is 4.44. The molecule has 0 N–H and O–H groups in total. The van der Waals surface area contributed by atoms with Crippen LogP contribution in [0.4, 0.5) is 22.7 Å². The molecule has 2 saturated heterocycles. The monoisotopic (exact) mass is 838 g/mol. The van der Waals surface area contributed by atoms with Gasteiger partial charge in [-0.05, 0) is 24.3 Å². The first-order valence-corrected chi connectivity index (χ1v) is 19.9. The molecule has 10 nitrogen and oxygen atoms in total. The third-order valence-electron chi connectivity index (χ3n) is 7.76. The zero-order valence-electron chi connectivity index (χ0n) is 26.5. The van der Waals surface area contributed by atoms with Gasteiger partial charge < -0.3 is 69.3 Å². The van der Waals surface area contributed by atoms with Gasteiger partial charge in [0.15, 0.2) is 0 Å². The molecule has 2 heterocycles. The summed E-state index contributed by atoms with van der Waals surface area (Å²) in [6.45, 7) is 6.53. The van der Waals surface area contributed by atoms with Crippen LogP contribution in [0.15, 0.2) is 109 Å². The summed E-state index contributed by atoms with van der Waals surface area (Å²) in [7, 11) is 0. The zero-order chi connectivity index (χ0) is 35.2. The van der Waals surface area contributed by atoms with Gasteiger partial charge in [0.1, 0.15) is 0 Å². The van der Waals surface area contributed by atoms with E-state index in [0.29, 0.717) is 8.64 Å². The third-order valence-corrected chi connectivity index (χ3v) is 12.3. The van der Waals surface area contributed by atoms with Crippen molar-refractivity contribution in [1.29, 1.82) is 0 Å². The predicted molar refractivity (Wildman–Crippen MR) is 212 cm³/mol. The first-order valence-electron chi connectivity index (χ1n) is 15.4. The van der Waals surface area contributed by atoms with Crippen molar-refractivity contribution in [3.05, 3.63) is 129 Å². The van der Waals surface area contributed by atoms with Crippen molar-refractivity contribution in [1.82, 2.24) is 9.80 Å². The first kappa shape index (κ1) is 38.1. The van der Waals surface area contributed by atoms with Gasteiger partial charge in [-0.3, -0.25) is 20.2 Å². The van der Waals surface area contributed by atoms with Crippen LogP contribution < -0.4 is 17.0 Å². The van der Waals surface area contributed by atoms with Crippen LogP contribution >= 0.6 is 24.4 Å². The van der Waals surface area contributed by atoms with Gasteiger partial charge in [0.2, 0.25) is 0 Å². The summed E-state index contributed by atoms with van der Waals surface area (Å²) in [5.74, 6) is 0. The molecule has 0 spiro atoms. The van der Waals surface area contributed by atoms with Crippen molar-refractivity contribution in [2.45, 2.75) is 0 Å². The van der Waals surface area contributed by atoms with Gasteiger partial charge in [-0.25, -0.2) is 0 Å². The van der Waals surface area contributed by atoms with Gasteiger partial charge in [-0.2, -0.15) is 0 Å². The van der Waals surface area contributed by atoms with Crippen molar-refractivity contribution in [3.63, 3.8) is 0 Å². The van der Waals surface area contributed by atoms with Crippen LogP contribution in [0.5, 0.6) is 0 Å². The Morgan fingerprint density at radius 3 is 1.10 bits per heavy atom. The van der Waals surface area contributed by atoms with Crippen molar-refractivity contribution >= 4 is 109 Å². The number of thiocarbonyl (C=S) groups is 2. The molecule has 0 amide bonds. The summed E-state index contributed by atoms with van der Waals surface area (Å²) < 4.78 is 4.10. The Hall–Kier alpha value is -3.70. The van der Waals surface area contributed by atoms with Crippen LogP contribution in [0.25, 0.3) is 0 Å². The second-order valence-corrected chi connectivity index (χ2v) is 17.0. The van der Waals surface area contributed by atoms with Gasteiger partial charge in [0.05, 0.1) is 9.85 Å². The Balaban J connectivity index is 0.000000168. The molecule has 4 aromatic carbocycles. The summed E-state index contributed by atoms with van der Waals surface area (Å²) >= 11 is 19.3. The van der Waals surface area contributed by atoms with E-state index in [1.807, 2.05) is 9.80 Å². The topological polar surface area (TPSA) is 99.2 Å². The van der Waals surface area contributed by atoms with Crippen LogP contribution in [0.3, 0.4) is 0 Å². The molecular formula is C34H34N6O4S4Sn. The van der Waals surface area contributed by atoms with Crippen LogP contribution in [0.1, 0.15) is 0 Å². The number of hydrogen-bond acceptors (Lipinski definition) is 10. The molecule has 0 saturated carbocycles. The molecule has 0 radical (unpaired) electrons. The van der Waals surface area contributed by atoms with E-state index < -0.39 is 31.0 Å². The van der Waals surface area contributed by atoms with Crippen LogP contribution in [0.2, 0.25) is 0 Å². The minimum absolute atomic E-state index is 0.115. The van der Waals surface area contributed by atoms with Gasteiger partial charge in [-0.1, -0.05) is 8.64 Å². The van der Waals surface area contributed by atoms with E-state index >= 15 is 0 Å². The molecule has 0 aromatic heterocycles. The molecular weight excluding hydrogens is 803 g/mol. The van der Waals surface area contributed by atoms with E-state index in [2.05, 4.69) is 70.5 Å². The maximum absolute atomic E-state index is 10.6. The molecule has 2 aliphatic heterocycles. The number of piperazine rings is 2. The Morgan fingerprint density at radius 1 is 0.531 bits per heavy atom. The summed E-state index contributed by atoms with van der Waals surface area (Å²) in [4.78, 5) is 28.7. The maximum atomic E-state index is 10.6. The number of nitro groups is 2. The quantitative estimate of drug-likeness (QED) is 0.0904. The molecule has 2 aliphatic rings. The molecule has 15 heteroatoms. The van der Waals surface area contributed by atoms with Crippen molar-refractivity contribution in [3.8, 4) is 0 Å². The average Bonchev–Trinajstić information content (AvgIpc) is 3.13. The van der Waals surface area contributed by atoms with Crippen LogP contribution in [0, 0.1) is 20.2 Å². The van der Waals surface area contributed by atoms with Crippen molar-refractivity contribution in [2.24, 2.45) is 0 Å². The van der Waals surface area contributed by atoms with Gasteiger partial charge in [-0.15, -0.1) is 0 Å². The van der Waals surface area contributed by atoms with Gasteiger partial charge in [0, 0.05) is 88.0 Å². The number of benzene rings is 4. The van der Waals surface area contributed by atoms with Gasteiger partial charge >= 0.3 is 89.0 Å². The SMILES string of the molecule is O=[N+]([O-])c1ccc(N2CCN(C(=S)[S-])CC2)cc1.O=[N+]([O-])c1ccc(N2CCN(C(=S)[S-])CC2)cc1.c1cc[c]([Sn+2][c]2ccccc2)cc1. The van der Waals surface area contributed by atoms with E-state index in [4.69, 9.17) is 49.7 Å². The fourth-order valence-electron chi connectivity index (χ4n) is 5.07. The molecule has 2 fully saturated rings. The van der Waals surface area contributed by atoms with E-state index in [0.717, 1.165) is 63.7 Å². The normalized spacial score (nSPS) is 13.9. The molecule has 6 rings (SSSR count). The summed E-state index contributed by atoms with van der Waals surface area (Å²) in [5, 5.41) is 21.1.